The largest absolute Gasteiger partial charge is 0.238 e. The van der Waals surface area contributed by atoms with Crippen molar-refractivity contribution in [2.45, 2.75) is 33.6 Å². The third-order valence-electron chi connectivity index (χ3n) is 2.23. The predicted molar refractivity (Wildman–Crippen MR) is 54.3 cm³/mol. The molecule has 0 aliphatic rings. The van der Waals surface area contributed by atoms with Gasteiger partial charge in [-0.05, 0) is 20.3 Å². The summed E-state index contributed by atoms with van der Waals surface area (Å²) >= 11 is 0. The first-order chi connectivity index (χ1) is 6.72. The van der Waals surface area contributed by atoms with Gasteiger partial charge in [-0.15, -0.1) is 0 Å². The van der Waals surface area contributed by atoms with Crippen LogP contribution in [-0.4, -0.2) is 19.6 Å². The van der Waals surface area contributed by atoms with E-state index in [4.69, 9.17) is 0 Å². The molecule has 0 spiro atoms. The fraction of sp³-hybridized carbons (Fsp3) is 0.500. The van der Waals surface area contributed by atoms with E-state index >= 15 is 0 Å². The molecule has 2 aromatic rings. The zero-order valence-corrected chi connectivity index (χ0v) is 8.78. The summed E-state index contributed by atoms with van der Waals surface area (Å²) in [5.74, 6) is 1.82. The highest BCUT2D eigenvalue weighted by atomic mass is 15.3. The maximum atomic E-state index is 4.48. The van der Waals surface area contributed by atoms with Crippen LogP contribution in [0.4, 0.5) is 0 Å². The van der Waals surface area contributed by atoms with E-state index in [1.165, 1.54) is 0 Å². The van der Waals surface area contributed by atoms with Crippen molar-refractivity contribution in [1.29, 1.82) is 0 Å². The van der Waals surface area contributed by atoms with Crippen LogP contribution in [0, 0.1) is 13.8 Å². The van der Waals surface area contributed by atoms with Crippen LogP contribution in [-0.2, 0) is 6.42 Å². The second kappa shape index (κ2) is 3.36. The molecule has 0 saturated carbocycles. The molecule has 0 aliphatic carbocycles. The number of aromatic nitrogens is 4. The highest BCUT2D eigenvalue weighted by molar-refractivity contribution is 5.49. The summed E-state index contributed by atoms with van der Waals surface area (Å²) in [5, 5.41) is 4.36. The van der Waals surface area contributed by atoms with E-state index in [-0.39, 0.29) is 0 Å². The molecule has 0 saturated heterocycles. The predicted octanol–water partition coefficient (Wildman–Crippen LogP) is 1.69. The van der Waals surface area contributed by atoms with Gasteiger partial charge in [0.2, 0.25) is 0 Å². The Balaban J connectivity index is 2.66. The van der Waals surface area contributed by atoms with E-state index in [1.807, 2.05) is 24.6 Å². The Labute approximate surface area is 83.0 Å². The molecule has 0 unspecified atom stereocenters. The van der Waals surface area contributed by atoms with Crippen molar-refractivity contribution in [2.24, 2.45) is 0 Å². The molecule has 0 radical (unpaired) electrons. The van der Waals surface area contributed by atoms with Crippen LogP contribution in [0.3, 0.4) is 0 Å². The van der Waals surface area contributed by atoms with Crippen molar-refractivity contribution in [3.63, 3.8) is 0 Å². The monoisotopic (exact) mass is 190 g/mol. The van der Waals surface area contributed by atoms with Gasteiger partial charge in [-0.1, -0.05) is 6.92 Å². The smallest absolute Gasteiger partial charge is 0.146 e. The van der Waals surface area contributed by atoms with Crippen LogP contribution in [0.15, 0.2) is 6.20 Å². The van der Waals surface area contributed by atoms with Crippen LogP contribution >= 0.6 is 0 Å². The van der Waals surface area contributed by atoms with Gasteiger partial charge in [0.25, 0.3) is 0 Å². The molecule has 0 bridgehead atoms. The fourth-order valence-electron chi connectivity index (χ4n) is 1.56. The standard InChI is InChI=1S/C10H14N4/c1-4-5-10-12-7(2)9-6-11-8(3)13-14(9)10/h6H,4-5H2,1-3H3. The summed E-state index contributed by atoms with van der Waals surface area (Å²) in [7, 11) is 0. The van der Waals surface area contributed by atoms with Crippen LogP contribution in [0.1, 0.15) is 30.7 Å². The molecule has 2 aromatic heterocycles. The quantitative estimate of drug-likeness (QED) is 0.723. The van der Waals surface area contributed by atoms with Gasteiger partial charge >= 0.3 is 0 Å². The molecule has 0 atom stereocenters. The molecular weight excluding hydrogens is 176 g/mol. The van der Waals surface area contributed by atoms with Crippen molar-refractivity contribution in [3.8, 4) is 0 Å². The molecule has 0 aromatic carbocycles. The fourth-order valence-corrected chi connectivity index (χ4v) is 1.56. The number of rotatable bonds is 2. The van der Waals surface area contributed by atoms with Gasteiger partial charge < -0.3 is 0 Å². The molecule has 4 nitrogen and oxygen atoms in total. The van der Waals surface area contributed by atoms with Gasteiger partial charge in [0.1, 0.15) is 17.2 Å². The zero-order valence-electron chi connectivity index (χ0n) is 8.78. The maximum absolute atomic E-state index is 4.48. The number of nitrogens with zero attached hydrogens (tertiary/aromatic N) is 4. The number of hydrogen-bond donors (Lipinski definition) is 0. The Morgan fingerprint density at radius 2 is 2.14 bits per heavy atom. The van der Waals surface area contributed by atoms with E-state index in [0.717, 1.165) is 35.7 Å². The molecule has 2 rings (SSSR count). The van der Waals surface area contributed by atoms with Crippen LogP contribution in [0.2, 0.25) is 0 Å². The van der Waals surface area contributed by atoms with Crippen LogP contribution in [0.25, 0.3) is 5.52 Å². The van der Waals surface area contributed by atoms with Crippen molar-refractivity contribution >= 4 is 5.52 Å². The summed E-state index contributed by atoms with van der Waals surface area (Å²) in [5.41, 5.74) is 2.02. The number of fused-ring (bicyclic) bond motifs is 1. The topological polar surface area (TPSA) is 43.1 Å². The average Bonchev–Trinajstić information content (AvgIpc) is 2.44. The number of hydrogen-bond acceptors (Lipinski definition) is 3. The maximum Gasteiger partial charge on any atom is 0.146 e. The third-order valence-corrected chi connectivity index (χ3v) is 2.23. The first kappa shape index (κ1) is 9.12. The summed E-state index contributed by atoms with van der Waals surface area (Å²) in [6.07, 6.45) is 3.89. The minimum atomic E-state index is 0.784. The highest BCUT2D eigenvalue weighted by Gasteiger charge is 2.08. The molecule has 0 aliphatic heterocycles. The van der Waals surface area contributed by atoms with Crippen LogP contribution < -0.4 is 0 Å². The normalized spacial score (nSPS) is 11.1. The first-order valence-electron chi connectivity index (χ1n) is 4.90. The SMILES string of the molecule is CCCc1nc(C)c2cnc(C)nn12. The summed E-state index contributed by atoms with van der Waals surface area (Å²) < 4.78 is 1.90. The number of aryl methyl sites for hydroxylation is 3. The lowest BCUT2D eigenvalue weighted by Gasteiger charge is -1.98. The lowest BCUT2D eigenvalue weighted by atomic mass is 10.3. The Hall–Kier alpha value is -1.45. The zero-order chi connectivity index (χ0) is 10.1. The number of imidazole rings is 1. The second-order valence-corrected chi connectivity index (χ2v) is 3.47. The Morgan fingerprint density at radius 3 is 2.86 bits per heavy atom. The summed E-state index contributed by atoms with van der Waals surface area (Å²) in [6, 6.07) is 0. The van der Waals surface area contributed by atoms with Crippen LogP contribution in [0.5, 0.6) is 0 Å². The molecule has 0 amide bonds. The molecule has 4 heteroatoms. The van der Waals surface area contributed by atoms with E-state index in [2.05, 4.69) is 22.0 Å². The van der Waals surface area contributed by atoms with E-state index < -0.39 is 0 Å². The van der Waals surface area contributed by atoms with Gasteiger partial charge in [-0.3, -0.25) is 0 Å². The molecule has 0 N–H and O–H groups in total. The van der Waals surface area contributed by atoms with Gasteiger partial charge in [0, 0.05) is 6.42 Å². The van der Waals surface area contributed by atoms with Gasteiger partial charge in [-0.2, -0.15) is 5.10 Å². The average molecular weight is 190 g/mol. The Bertz CT molecular complexity index is 458. The molecule has 14 heavy (non-hydrogen) atoms. The summed E-state index contributed by atoms with van der Waals surface area (Å²) in [6.45, 7) is 6.03. The van der Waals surface area contributed by atoms with Crippen molar-refractivity contribution in [3.05, 3.63) is 23.5 Å². The van der Waals surface area contributed by atoms with Gasteiger partial charge in [0.15, 0.2) is 0 Å². The van der Waals surface area contributed by atoms with Crippen molar-refractivity contribution < 1.29 is 0 Å². The molecular formula is C10H14N4. The van der Waals surface area contributed by atoms with E-state index in [9.17, 15) is 0 Å². The minimum Gasteiger partial charge on any atom is -0.238 e. The van der Waals surface area contributed by atoms with E-state index in [0.29, 0.717) is 0 Å². The molecule has 2 heterocycles. The van der Waals surface area contributed by atoms with Crippen molar-refractivity contribution in [1.82, 2.24) is 19.6 Å². The second-order valence-electron chi connectivity index (χ2n) is 3.47. The highest BCUT2D eigenvalue weighted by Crippen LogP contribution is 2.11. The Morgan fingerprint density at radius 1 is 1.36 bits per heavy atom. The molecule has 0 fully saturated rings. The van der Waals surface area contributed by atoms with Crippen molar-refractivity contribution in [2.75, 3.05) is 0 Å². The minimum absolute atomic E-state index is 0.784. The summed E-state index contributed by atoms with van der Waals surface area (Å²) in [4.78, 5) is 8.65. The lowest BCUT2D eigenvalue weighted by Crippen LogP contribution is -2.01. The Kier molecular flexibility index (Phi) is 2.19. The first-order valence-corrected chi connectivity index (χ1v) is 4.90. The lowest BCUT2D eigenvalue weighted by molar-refractivity contribution is 0.751. The third kappa shape index (κ3) is 1.36. The van der Waals surface area contributed by atoms with Gasteiger partial charge in [-0.25, -0.2) is 14.5 Å². The molecule has 74 valence electrons. The van der Waals surface area contributed by atoms with Gasteiger partial charge in [0.05, 0.1) is 11.9 Å². The van der Waals surface area contributed by atoms with E-state index in [1.54, 1.807) is 0 Å².